The molecular weight excluding hydrogens is 1610 g/mol. The summed E-state index contributed by atoms with van der Waals surface area (Å²) in [5.41, 5.74) is -21.6. The van der Waals surface area contributed by atoms with E-state index >= 15 is 19.2 Å². The van der Waals surface area contributed by atoms with Crippen molar-refractivity contribution >= 4 is 51.0 Å². The summed E-state index contributed by atoms with van der Waals surface area (Å²) in [6.45, 7) is 15.1. The first-order chi connectivity index (χ1) is 57.5. The molecule has 15 rings (SSSR count). The third-order valence-electron chi connectivity index (χ3n) is 28.3. The largest absolute Gasteiger partial charge is 0.507 e. The fourth-order valence-corrected chi connectivity index (χ4v) is 21.7. The molecule has 15 unspecified atom stereocenters. The number of fused-ring (bicyclic) bond motifs is 6. The molecule has 4 bridgehead atoms. The molecular formula is C85H112O37. The van der Waals surface area contributed by atoms with Gasteiger partial charge in [0.25, 0.3) is 0 Å². The monoisotopic (exact) mass is 1720 g/mol. The summed E-state index contributed by atoms with van der Waals surface area (Å²) >= 11 is 0. The Balaban J connectivity index is 0.798. The zero-order valence-corrected chi connectivity index (χ0v) is 70.0. The van der Waals surface area contributed by atoms with Crippen molar-refractivity contribution in [3.8, 4) is 34.5 Å². The zero-order valence-electron chi connectivity index (χ0n) is 70.0. The minimum Gasteiger partial charge on any atom is -0.507 e. The van der Waals surface area contributed by atoms with Gasteiger partial charge in [-0.25, -0.2) is 0 Å². The molecule has 15 N–H and O–H groups in total. The Hall–Kier alpha value is -6.68. The van der Waals surface area contributed by atoms with Gasteiger partial charge < -0.3 is 152 Å². The summed E-state index contributed by atoms with van der Waals surface area (Å²) < 4.78 is 101. The average Bonchev–Trinajstić information content (AvgIpc) is 1.47. The normalized spacial score (nSPS) is 43.2. The van der Waals surface area contributed by atoms with Crippen molar-refractivity contribution in [2.75, 3.05) is 21.3 Å². The lowest BCUT2D eigenvalue weighted by atomic mass is 9.53. The predicted molar refractivity (Wildman–Crippen MR) is 412 cm³/mol. The fraction of sp³-hybridized carbons (Fsp3) is 0.718. The van der Waals surface area contributed by atoms with Crippen molar-refractivity contribution < 1.29 is 181 Å². The quantitative estimate of drug-likeness (QED) is 0.0642. The number of ketones is 6. The zero-order chi connectivity index (χ0) is 88.5. The van der Waals surface area contributed by atoms with E-state index in [1.54, 1.807) is 41.5 Å². The Labute approximate surface area is 700 Å². The van der Waals surface area contributed by atoms with Crippen molar-refractivity contribution in [1.29, 1.82) is 0 Å². The van der Waals surface area contributed by atoms with Crippen LogP contribution in [-0.4, -0.2) is 314 Å². The molecule has 2 saturated carbocycles. The van der Waals surface area contributed by atoms with E-state index in [0.717, 1.165) is 21.3 Å². The maximum Gasteiger partial charge on any atom is 0.232 e. The maximum atomic E-state index is 16.4. The van der Waals surface area contributed by atoms with Gasteiger partial charge in [0.15, 0.2) is 77.8 Å². The van der Waals surface area contributed by atoms with Crippen molar-refractivity contribution in [2.45, 2.75) is 353 Å². The predicted octanol–water partition coefficient (Wildman–Crippen LogP) is 2.40. The molecule has 9 fully saturated rings. The highest BCUT2D eigenvalue weighted by Gasteiger charge is 2.82. The second-order valence-electron chi connectivity index (χ2n) is 35.1. The number of carbonyl (C=O) groups excluding carboxylic acids is 6. The first-order valence-electron chi connectivity index (χ1n) is 42.0. The van der Waals surface area contributed by atoms with Crippen LogP contribution in [-0.2, 0) is 82.3 Å². The van der Waals surface area contributed by atoms with Crippen molar-refractivity contribution in [3.05, 3.63) is 50.8 Å². The van der Waals surface area contributed by atoms with Crippen LogP contribution in [0.4, 0.5) is 0 Å². The summed E-state index contributed by atoms with van der Waals surface area (Å²) in [6, 6.07) is 1.25. The molecule has 674 valence electrons. The van der Waals surface area contributed by atoms with Crippen LogP contribution in [0.15, 0.2) is 11.8 Å². The molecule has 7 aliphatic heterocycles. The van der Waals surface area contributed by atoms with Crippen LogP contribution in [0.25, 0.3) is 16.3 Å². The Morgan fingerprint density at radius 2 is 0.959 bits per heavy atom. The molecule has 37 nitrogen and oxygen atoms in total. The van der Waals surface area contributed by atoms with E-state index in [0.29, 0.717) is 0 Å². The van der Waals surface area contributed by atoms with Gasteiger partial charge in [-0.05, 0) is 112 Å². The van der Waals surface area contributed by atoms with Gasteiger partial charge in [0.2, 0.25) is 23.1 Å². The maximum absolute atomic E-state index is 16.4. The topological polar surface area (TPSA) is 554 Å². The number of aliphatic hydroxyl groups is 11. The van der Waals surface area contributed by atoms with Crippen molar-refractivity contribution in [2.24, 2.45) is 11.8 Å². The molecule has 12 aliphatic rings. The Morgan fingerprint density at radius 1 is 0.484 bits per heavy atom. The number of carbonyl (C=O) groups is 6. The first-order valence-corrected chi connectivity index (χ1v) is 42.0. The lowest BCUT2D eigenvalue weighted by molar-refractivity contribution is -0.358. The molecule has 3 aromatic carbocycles. The van der Waals surface area contributed by atoms with Crippen LogP contribution < -0.4 is 9.47 Å². The molecule has 0 aromatic heterocycles. The number of rotatable bonds is 22. The third kappa shape index (κ3) is 13.6. The van der Waals surface area contributed by atoms with Crippen molar-refractivity contribution in [3.63, 3.8) is 0 Å². The van der Waals surface area contributed by atoms with Gasteiger partial charge in [0, 0.05) is 55.4 Å². The van der Waals surface area contributed by atoms with Crippen LogP contribution in [0.3, 0.4) is 0 Å². The van der Waals surface area contributed by atoms with Crippen LogP contribution in [0.1, 0.15) is 223 Å². The average molecular weight is 1730 g/mol. The van der Waals surface area contributed by atoms with E-state index in [1.165, 1.54) is 33.8 Å². The van der Waals surface area contributed by atoms with Gasteiger partial charge in [0.1, 0.15) is 82.0 Å². The van der Waals surface area contributed by atoms with E-state index in [2.05, 4.69) is 0 Å². The second-order valence-corrected chi connectivity index (χ2v) is 35.1. The number of ether oxygens (including phenoxy) is 16. The lowest BCUT2D eigenvalue weighted by Gasteiger charge is -2.60. The number of phenols is 4. The number of allylic oxidation sites excluding steroid dienone is 2. The number of phenolic OH excluding ortho intramolecular Hbond substituents is 4. The number of aliphatic hydroxyl groups excluding tert-OH is 6. The second kappa shape index (κ2) is 32.9. The standard InChI is InChI=1S/C85H112O37/c1-14-22-82(104)78(120-45-18-16-43(30(3)110-45)116-47-20-24-80(102,34(7)86)36(9)114-47)68(98)71(118-49-28-41(88)60(90)32(5)112-49)40-27-38-26-39-52(62(92)51(38)76(100)84(40,82)105)63(93)56(74(109-13)70(39)107-11)55-64(94)53-54(67(97)73(55)108-12)65(95)57-58(66(53)96)77(101)85(106)59-72(57)122-83(85,23-15-2)79(69(99)75(59)119-50-29-42(89)61(91)33(6)113-50)121-46-19-17-44(31(4)111-46)117-48-21-25-81(103,35(8)87)37(10)115-48/h26,30-33,36-37,40-50,59-61,68-69,71-72,75,78-79,88-93,95-96,98-99,102-106H,14-25,27-29H2,1-13H3/t30-,31-,32+,33+,36-,37-,40?,41-,42-,43+,44+,45+,46+,47-,48+,49+,50?,59?,60+,61+,68?,69?,71?,72?,75?,78?,79?,80+,81?,82?,83?,84?,85?/m1/s1. The van der Waals surface area contributed by atoms with Gasteiger partial charge >= 0.3 is 0 Å². The molecule has 0 radical (unpaired) electrons. The smallest absolute Gasteiger partial charge is 0.232 e. The van der Waals surface area contributed by atoms with Gasteiger partial charge in [-0.3, -0.25) is 28.8 Å². The number of benzene rings is 3. The number of hydrogen-bond donors (Lipinski definition) is 15. The van der Waals surface area contributed by atoms with Gasteiger partial charge in [-0.1, -0.05) is 26.7 Å². The van der Waals surface area contributed by atoms with E-state index in [4.69, 9.17) is 75.8 Å². The van der Waals surface area contributed by atoms with Crippen LogP contribution in [0.2, 0.25) is 0 Å². The fourth-order valence-electron chi connectivity index (χ4n) is 21.7. The summed E-state index contributed by atoms with van der Waals surface area (Å²) in [5.74, 6) is -17.3. The Bertz CT molecular complexity index is 4640. The van der Waals surface area contributed by atoms with Gasteiger partial charge in [-0.15, -0.1) is 0 Å². The minimum atomic E-state index is -3.21. The van der Waals surface area contributed by atoms with E-state index in [1.807, 2.05) is 0 Å². The molecule has 0 amide bonds. The summed E-state index contributed by atoms with van der Waals surface area (Å²) in [7, 11) is 3.09. The van der Waals surface area contributed by atoms with Gasteiger partial charge in [0.05, 0.1) is 145 Å². The van der Waals surface area contributed by atoms with Crippen LogP contribution >= 0.6 is 0 Å². The van der Waals surface area contributed by atoms with Crippen LogP contribution in [0.5, 0.6) is 34.5 Å². The number of hydrogen-bond acceptors (Lipinski definition) is 37. The molecule has 37 heteroatoms. The third-order valence-corrected chi connectivity index (χ3v) is 28.3. The summed E-state index contributed by atoms with van der Waals surface area (Å²) in [4.78, 5) is 89.5. The number of methoxy groups -OCH3 is 3. The van der Waals surface area contributed by atoms with E-state index in [-0.39, 0.29) is 81.6 Å². The Kier molecular flexibility index (Phi) is 24.3. The molecule has 33 atom stereocenters. The first kappa shape index (κ1) is 90.1. The number of aromatic hydroxyl groups is 4. The molecule has 5 aliphatic carbocycles. The summed E-state index contributed by atoms with van der Waals surface area (Å²) in [5, 5.41) is 185. The van der Waals surface area contributed by atoms with Crippen molar-refractivity contribution in [1.82, 2.24) is 0 Å². The molecule has 0 spiro atoms. The highest BCUT2D eigenvalue weighted by molar-refractivity contribution is 6.43. The highest BCUT2D eigenvalue weighted by Crippen LogP contribution is 2.69. The summed E-state index contributed by atoms with van der Waals surface area (Å²) in [6.07, 6.45) is -35.1. The Morgan fingerprint density at radius 3 is 1.44 bits per heavy atom. The van der Waals surface area contributed by atoms with Gasteiger partial charge in [-0.2, -0.15) is 0 Å². The lowest BCUT2D eigenvalue weighted by Crippen LogP contribution is -2.80. The minimum absolute atomic E-state index is 0.0101. The van der Waals surface area contributed by atoms with E-state index in [9.17, 15) is 86.2 Å². The molecule has 7 saturated heterocycles. The molecule has 122 heavy (non-hydrogen) atoms. The highest BCUT2D eigenvalue weighted by atomic mass is 16.8. The molecule has 7 heterocycles. The number of Topliss-reactive ketones (excluding diaryl/α,β-unsaturated/α-hetero) is 6. The van der Waals surface area contributed by atoms with E-state index < -0.39 is 344 Å². The van der Waals surface area contributed by atoms with Crippen LogP contribution in [0, 0.1) is 11.8 Å². The molecule has 3 aromatic rings. The SMILES string of the molecule is CCCC1(O)C(O[C@H]2CC[C@H](O[C@@H]3CC[C@](O)(C(C)=O)[C@@H](C)O3)[C@@H](C)O2)C(O)C(O[C@H]2C[C@@H](O)[C@@H](O)[C@H](C)O2)C2Cc3cc4c(OC)c(OC)c(C5=C(OC)C(=O)c6c(O)c7c(c(O)c6C5=O)C(=O)C5(O)C6C7OC5(CCC)C(O[C@H]5CC[C@H](O[C@H]7CCC(O)(C(C)=O)[C@@H](C)O7)[C@@H](C)O5)C(O)C6OC5C[C@@H](O)[C@@H](O)[C@H](C)O5)c(O)c4c(O)c3C(=O)C21O.